The summed E-state index contributed by atoms with van der Waals surface area (Å²) in [5, 5.41) is 14.4. The van der Waals surface area contributed by atoms with Gasteiger partial charge in [0.15, 0.2) is 5.78 Å². The Bertz CT molecular complexity index is 1230. The molecule has 0 fully saturated rings. The van der Waals surface area contributed by atoms with Gasteiger partial charge in [-0.25, -0.2) is 4.68 Å². The van der Waals surface area contributed by atoms with Crippen molar-refractivity contribution in [3.05, 3.63) is 86.3 Å². The lowest BCUT2D eigenvalue weighted by Gasteiger charge is -2.27. The van der Waals surface area contributed by atoms with Gasteiger partial charge in [-0.1, -0.05) is 30.3 Å². The maximum Gasteiger partial charge on any atom is 0.357 e. The maximum atomic E-state index is 13.8. The third-order valence-electron chi connectivity index (χ3n) is 5.17. The molecule has 0 spiro atoms. The molecular formula is C22H27N4O6P. The van der Waals surface area contributed by atoms with Gasteiger partial charge in [-0.15, -0.1) is 0 Å². The van der Waals surface area contributed by atoms with E-state index in [1.54, 1.807) is 50.7 Å². The van der Waals surface area contributed by atoms with E-state index in [1.165, 1.54) is 22.9 Å². The van der Waals surface area contributed by atoms with Crippen molar-refractivity contribution < 1.29 is 18.5 Å². The molecule has 3 aromatic rings. The Balaban J connectivity index is 2.18. The molecule has 1 aromatic heterocycles. The normalized spacial score (nSPS) is 12.5. The van der Waals surface area contributed by atoms with Crippen molar-refractivity contribution in [3.63, 3.8) is 0 Å². The largest absolute Gasteiger partial charge is 0.362 e. The molecule has 0 amide bonds. The van der Waals surface area contributed by atoms with E-state index in [9.17, 15) is 19.5 Å². The summed E-state index contributed by atoms with van der Waals surface area (Å²) in [4.78, 5) is 24.2. The third-order valence-corrected chi connectivity index (χ3v) is 7.46. The molecule has 0 saturated heterocycles. The summed E-state index contributed by atoms with van der Waals surface area (Å²) in [5.74, 6) is -1.14. The Morgan fingerprint density at radius 3 is 2.30 bits per heavy atom. The van der Waals surface area contributed by atoms with E-state index in [2.05, 4.69) is 5.32 Å². The molecule has 10 nitrogen and oxygen atoms in total. The molecule has 1 N–H and O–H groups in total. The van der Waals surface area contributed by atoms with Gasteiger partial charge in [0.05, 0.1) is 29.5 Å². The molecule has 1 heterocycles. The Labute approximate surface area is 191 Å². The molecule has 0 aliphatic carbocycles. The Morgan fingerprint density at radius 1 is 1.09 bits per heavy atom. The fourth-order valence-electron chi connectivity index (χ4n) is 3.57. The number of nitrogens with one attached hydrogen (secondary N) is 1. The van der Waals surface area contributed by atoms with E-state index < -0.39 is 18.3 Å². The number of non-ortho nitro benzene ring substituents is 1. The quantitative estimate of drug-likeness (QED) is 0.255. The fourth-order valence-corrected chi connectivity index (χ4v) is 5.48. The highest BCUT2D eigenvalue weighted by molar-refractivity contribution is 7.54. The monoisotopic (exact) mass is 474 g/mol. The number of hydrogen-bond donors (Lipinski definition) is 1. The Hall–Kier alpha value is -3.20. The lowest BCUT2D eigenvalue weighted by Crippen LogP contribution is -2.23. The van der Waals surface area contributed by atoms with Crippen LogP contribution in [0, 0.1) is 17.0 Å². The van der Waals surface area contributed by atoms with Crippen LogP contribution in [0.5, 0.6) is 0 Å². The molecular weight excluding hydrogens is 447 g/mol. The standard InChI is InChI=1S/C22H27N4O6P/c1-5-31-33(30,32-6-2)21(17-11-10-14-19(15-17)26(28)29)23-20-16(3)24(4)25(22(20)27)18-12-8-7-9-13-18/h7-15,21,23H,5-6H2,1-4H3. The first kappa shape index (κ1) is 24.4. The predicted octanol–water partition coefficient (Wildman–Crippen LogP) is 4.77. The van der Waals surface area contributed by atoms with Crippen LogP contribution < -0.4 is 10.9 Å². The zero-order valence-electron chi connectivity index (χ0n) is 18.9. The van der Waals surface area contributed by atoms with Crippen molar-refractivity contribution in [3.8, 4) is 5.69 Å². The van der Waals surface area contributed by atoms with Crippen molar-refractivity contribution in [2.45, 2.75) is 26.6 Å². The van der Waals surface area contributed by atoms with Gasteiger partial charge >= 0.3 is 7.60 Å². The van der Waals surface area contributed by atoms with Crippen LogP contribution in [0.25, 0.3) is 5.69 Å². The summed E-state index contributed by atoms with van der Waals surface area (Å²) in [7, 11) is -2.14. The van der Waals surface area contributed by atoms with Gasteiger partial charge in [0.25, 0.3) is 11.2 Å². The van der Waals surface area contributed by atoms with Crippen LogP contribution in [0.2, 0.25) is 0 Å². The second-order valence-electron chi connectivity index (χ2n) is 7.21. The van der Waals surface area contributed by atoms with Crippen molar-refractivity contribution in [1.82, 2.24) is 9.36 Å². The lowest BCUT2D eigenvalue weighted by molar-refractivity contribution is -0.384. The average Bonchev–Trinajstić information content (AvgIpc) is 3.00. The topological polar surface area (TPSA) is 118 Å². The summed E-state index contributed by atoms with van der Waals surface area (Å²) in [5.41, 5.74) is 1.20. The van der Waals surface area contributed by atoms with Gasteiger partial charge in [0, 0.05) is 19.2 Å². The number of nitro benzene ring substituents is 1. The second kappa shape index (κ2) is 10.2. The average molecular weight is 474 g/mol. The number of aromatic nitrogens is 2. The summed E-state index contributed by atoms with van der Waals surface area (Å²) < 4.78 is 28.0. The van der Waals surface area contributed by atoms with Crippen LogP contribution >= 0.6 is 7.60 Å². The summed E-state index contributed by atoms with van der Waals surface area (Å²) in [6.07, 6.45) is 0. The molecule has 0 aliphatic rings. The van der Waals surface area contributed by atoms with E-state index in [4.69, 9.17) is 9.05 Å². The zero-order valence-corrected chi connectivity index (χ0v) is 19.8. The minimum Gasteiger partial charge on any atom is -0.362 e. The Kier molecular flexibility index (Phi) is 7.53. The summed E-state index contributed by atoms with van der Waals surface area (Å²) >= 11 is 0. The number of nitro groups is 1. The Morgan fingerprint density at radius 2 is 1.73 bits per heavy atom. The fraction of sp³-hybridized carbons (Fsp3) is 0.318. The van der Waals surface area contributed by atoms with Crippen molar-refractivity contribution in [1.29, 1.82) is 0 Å². The number of nitrogens with zero attached hydrogens (tertiary/aromatic N) is 3. The highest BCUT2D eigenvalue weighted by Crippen LogP contribution is 2.61. The van der Waals surface area contributed by atoms with Crippen LogP contribution in [0.1, 0.15) is 30.9 Å². The second-order valence-corrected chi connectivity index (χ2v) is 9.32. The molecule has 0 saturated carbocycles. The summed E-state index contributed by atoms with van der Waals surface area (Å²) in [6.45, 7) is 5.28. The van der Waals surface area contributed by atoms with Crippen LogP contribution in [0.4, 0.5) is 11.4 Å². The molecule has 3 rings (SSSR count). The molecule has 0 radical (unpaired) electrons. The van der Waals surface area contributed by atoms with Crippen LogP contribution in [-0.2, 0) is 20.7 Å². The number of para-hydroxylation sites is 1. The lowest BCUT2D eigenvalue weighted by atomic mass is 10.2. The molecule has 1 unspecified atom stereocenters. The van der Waals surface area contributed by atoms with Gasteiger partial charge in [0.2, 0.25) is 0 Å². The van der Waals surface area contributed by atoms with Crippen LogP contribution in [-0.4, -0.2) is 27.5 Å². The first-order valence-corrected chi connectivity index (χ1v) is 12.1. The summed E-state index contributed by atoms with van der Waals surface area (Å²) in [6, 6.07) is 14.8. The molecule has 33 heavy (non-hydrogen) atoms. The van der Waals surface area contributed by atoms with Crippen LogP contribution in [0.15, 0.2) is 59.4 Å². The van der Waals surface area contributed by atoms with Crippen molar-refractivity contribution >= 4 is 19.0 Å². The number of rotatable bonds is 10. The van der Waals surface area contributed by atoms with E-state index in [1.807, 2.05) is 18.2 Å². The molecule has 2 aromatic carbocycles. The van der Waals surface area contributed by atoms with Gasteiger partial charge < -0.3 is 14.4 Å². The number of benzene rings is 2. The van der Waals surface area contributed by atoms with Gasteiger partial charge in [-0.3, -0.25) is 24.2 Å². The third kappa shape index (κ3) is 4.93. The minimum atomic E-state index is -3.88. The van der Waals surface area contributed by atoms with Gasteiger partial charge in [-0.05, 0) is 38.5 Å². The molecule has 0 aliphatic heterocycles. The molecule has 0 bridgehead atoms. The van der Waals surface area contributed by atoms with E-state index in [0.29, 0.717) is 16.9 Å². The highest BCUT2D eigenvalue weighted by atomic mass is 31.2. The van der Waals surface area contributed by atoms with Crippen LogP contribution in [0.3, 0.4) is 0 Å². The van der Waals surface area contributed by atoms with Crippen molar-refractivity contribution in [2.24, 2.45) is 7.05 Å². The van der Waals surface area contributed by atoms with Gasteiger partial charge in [-0.2, -0.15) is 0 Å². The highest BCUT2D eigenvalue weighted by Gasteiger charge is 2.39. The number of hydrogen-bond acceptors (Lipinski definition) is 7. The van der Waals surface area contributed by atoms with Crippen molar-refractivity contribution in [2.75, 3.05) is 18.5 Å². The van der Waals surface area contributed by atoms with E-state index in [0.717, 1.165) is 0 Å². The first-order chi connectivity index (χ1) is 15.7. The SMILES string of the molecule is CCOP(=O)(OCC)C(Nc1c(C)n(C)n(-c2ccccc2)c1=O)c1cccc([N+](=O)[O-])c1. The zero-order chi connectivity index (χ0) is 24.2. The minimum absolute atomic E-state index is 0.0897. The molecule has 11 heteroatoms. The predicted molar refractivity (Wildman–Crippen MR) is 126 cm³/mol. The van der Waals surface area contributed by atoms with Gasteiger partial charge in [0.1, 0.15) is 5.69 Å². The molecule has 176 valence electrons. The van der Waals surface area contributed by atoms with E-state index in [-0.39, 0.29) is 30.1 Å². The maximum absolute atomic E-state index is 13.8. The first-order valence-electron chi connectivity index (χ1n) is 10.5. The molecule has 1 atom stereocenters. The number of anilines is 1. The van der Waals surface area contributed by atoms with E-state index >= 15 is 0 Å². The smallest absolute Gasteiger partial charge is 0.357 e.